The summed E-state index contributed by atoms with van der Waals surface area (Å²) in [7, 11) is 0. The predicted octanol–water partition coefficient (Wildman–Crippen LogP) is 12.2. The Morgan fingerprint density at radius 1 is 0.320 bits per heavy atom. The van der Waals surface area contributed by atoms with E-state index < -0.39 is 0 Å². The Morgan fingerprint density at radius 3 is 1.62 bits per heavy atom. The van der Waals surface area contributed by atoms with Crippen molar-refractivity contribution in [3.8, 4) is 67.3 Å². The van der Waals surface area contributed by atoms with Gasteiger partial charge in [-0.15, -0.1) is 0 Å². The van der Waals surface area contributed by atoms with Gasteiger partial charge in [-0.05, 0) is 67.1 Å². The largest absolute Gasteiger partial charge is 0.264 e. The third kappa shape index (κ3) is 5.51. The van der Waals surface area contributed by atoms with Crippen LogP contribution in [0.4, 0.5) is 0 Å². The number of rotatable bonds is 6. The number of benzene rings is 7. The molecule has 2 heterocycles. The summed E-state index contributed by atoms with van der Waals surface area (Å²) >= 11 is 0. The molecule has 0 aliphatic carbocycles. The minimum absolute atomic E-state index is 0.699. The molecule has 0 aliphatic heterocycles. The zero-order chi connectivity index (χ0) is 33.3. The van der Waals surface area contributed by atoms with Gasteiger partial charge in [0.1, 0.15) is 0 Å². The third-order valence-electron chi connectivity index (χ3n) is 9.43. The summed E-state index contributed by atoms with van der Waals surface area (Å²) in [6.45, 7) is 0. The topological polar surface area (TPSA) is 38.7 Å². The zero-order valence-electron chi connectivity index (χ0n) is 27.2. The molecule has 0 unspecified atom stereocenters. The van der Waals surface area contributed by atoms with Crippen LogP contribution in [0.5, 0.6) is 0 Å². The predicted molar refractivity (Wildman–Crippen MR) is 207 cm³/mol. The first-order chi connectivity index (χ1) is 24.8. The van der Waals surface area contributed by atoms with E-state index in [0.29, 0.717) is 5.82 Å². The van der Waals surface area contributed by atoms with Gasteiger partial charge in [0, 0.05) is 29.1 Å². The van der Waals surface area contributed by atoms with Crippen LogP contribution in [0.15, 0.2) is 188 Å². The van der Waals surface area contributed by atoms with Crippen LogP contribution in [0.1, 0.15) is 0 Å². The van der Waals surface area contributed by atoms with Crippen LogP contribution < -0.4 is 0 Å². The lowest BCUT2D eigenvalue weighted by atomic mass is 9.92. The average molecular weight is 638 g/mol. The summed E-state index contributed by atoms with van der Waals surface area (Å²) in [5.41, 5.74) is 11.9. The van der Waals surface area contributed by atoms with Crippen LogP contribution in [0, 0.1) is 0 Å². The molecule has 3 nitrogen and oxygen atoms in total. The fraction of sp³-hybridized carbons (Fsp3) is 0. The molecule has 0 spiro atoms. The second-order valence-corrected chi connectivity index (χ2v) is 12.5. The number of nitrogens with zero attached hydrogens (tertiary/aromatic N) is 3. The highest BCUT2D eigenvalue weighted by Crippen LogP contribution is 2.38. The van der Waals surface area contributed by atoms with Gasteiger partial charge in [0.05, 0.1) is 11.4 Å². The van der Waals surface area contributed by atoms with E-state index in [2.05, 4.69) is 169 Å². The van der Waals surface area contributed by atoms with Crippen molar-refractivity contribution in [2.24, 2.45) is 0 Å². The van der Waals surface area contributed by atoms with Gasteiger partial charge in [-0.25, -0.2) is 9.97 Å². The van der Waals surface area contributed by atoms with E-state index in [-0.39, 0.29) is 0 Å². The van der Waals surface area contributed by atoms with Gasteiger partial charge in [0.15, 0.2) is 5.82 Å². The molecule has 50 heavy (non-hydrogen) atoms. The summed E-state index contributed by atoms with van der Waals surface area (Å²) in [5.74, 6) is 0.699. The molecule has 0 amide bonds. The Kier molecular flexibility index (Phi) is 7.49. The Bertz CT molecular complexity index is 2610. The van der Waals surface area contributed by atoms with Crippen LogP contribution in [0.2, 0.25) is 0 Å². The maximum Gasteiger partial charge on any atom is 0.160 e. The van der Waals surface area contributed by atoms with E-state index in [4.69, 9.17) is 9.97 Å². The Hall–Kier alpha value is -6.71. The molecule has 9 rings (SSSR count). The summed E-state index contributed by atoms with van der Waals surface area (Å²) in [4.78, 5) is 14.6. The summed E-state index contributed by atoms with van der Waals surface area (Å²) in [6.07, 6.45) is 3.70. The van der Waals surface area contributed by atoms with Gasteiger partial charge in [0.25, 0.3) is 0 Å². The van der Waals surface area contributed by atoms with E-state index in [0.717, 1.165) is 44.6 Å². The van der Waals surface area contributed by atoms with Crippen molar-refractivity contribution in [2.75, 3.05) is 0 Å². The molecule has 234 valence electrons. The van der Waals surface area contributed by atoms with Crippen LogP contribution in [-0.2, 0) is 0 Å². The Labute approximate surface area is 291 Å². The number of pyridine rings is 1. The molecule has 2 aromatic heterocycles. The smallest absolute Gasteiger partial charge is 0.160 e. The average Bonchev–Trinajstić information content (AvgIpc) is 3.21. The van der Waals surface area contributed by atoms with Crippen LogP contribution in [0.25, 0.3) is 88.8 Å². The highest BCUT2D eigenvalue weighted by atomic mass is 14.9. The van der Waals surface area contributed by atoms with E-state index in [9.17, 15) is 0 Å². The summed E-state index contributed by atoms with van der Waals surface area (Å²) in [5, 5.41) is 4.81. The van der Waals surface area contributed by atoms with Crippen molar-refractivity contribution in [3.63, 3.8) is 0 Å². The molecule has 0 saturated carbocycles. The molecule has 0 saturated heterocycles. The van der Waals surface area contributed by atoms with Gasteiger partial charge in [-0.3, -0.25) is 4.98 Å². The molecule has 7 aromatic carbocycles. The van der Waals surface area contributed by atoms with Crippen LogP contribution in [0.3, 0.4) is 0 Å². The lowest BCUT2D eigenvalue weighted by Gasteiger charge is -2.14. The van der Waals surface area contributed by atoms with E-state index in [1.165, 1.54) is 38.4 Å². The second kappa shape index (κ2) is 12.7. The summed E-state index contributed by atoms with van der Waals surface area (Å²) < 4.78 is 0. The number of aromatic nitrogens is 3. The maximum atomic E-state index is 5.23. The first-order valence-corrected chi connectivity index (χ1v) is 16.8. The lowest BCUT2D eigenvalue weighted by molar-refractivity contribution is 1.18. The van der Waals surface area contributed by atoms with Gasteiger partial charge < -0.3 is 0 Å². The van der Waals surface area contributed by atoms with Crippen LogP contribution >= 0.6 is 0 Å². The van der Waals surface area contributed by atoms with Crippen molar-refractivity contribution < 1.29 is 0 Å². The Morgan fingerprint density at radius 2 is 0.880 bits per heavy atom. The molecule has 0 N–H and O–H groups in total. The van der Waals surface area contributed by atoms with Crippen molar-refractivity contribution in [2.45, 2.75) is 0 Å². The number of hydrogen-bond acceptors (Lipinski definition) is 3. The first-order valence-electron chi connectivity index (χ1n) is 16.8. The quantitative estimate of drug-likeness (QED) is 0.182. The molecule has 0 aliphatic rings. The maximum absolute atomic E-state index is 5.23. The van der Waals surface area contributed by atoms with Crippen molar-refractivity contribution >= 4 is 21.5 Å². The zero-order valence-corrected chi connectivity index (χ0v) is 27.2. The second-order valence-electron chi connectivity index (χ2n) is 12.5. The molecule has 9 aromatic rings. The highest BCUT2D eigenvalue weighted by Gasteiger charge is 2.15. The van der Waals surface area contributed by atoms with E-state index in [1.54, 1.807) is 6.20 Å². The Balaban J connectivity index is 1.15. The molecule has 0 fully saturated rings. The van der Waals surface area contributed by atoms with Crippen molar-refractivity contribution in [3.05, 3.63) is 188 Å². The van der Waals surface area contributed by atoms with Crippen molar-refractivity contribution in [1.29, 1.82) is 0 Å². The minimum atomic E-state index is 0.699. The number of fused-ring (bicyclic) bond motifs is 2. The highest BCUT2D eigenvalue weighted by molar-refractivity contribution is 6.05. The van der Waals surface area contributed by atoms with E-state index in [1.807, 2.05) is 18.3 Å². The first kappa shape index (κ1) is 29.4. The fourth-order valence-electron chi connectivity index (χ4n) is 6.90. The molecule has 3 heteroatoms. The molecule has 0 bridgehead atoms. The molecular formula is C47H31N3. The van der Waals surface area contributed by atoms with Gasteiger partial charge in [-0.1, -0.05) is 164 Å². The van der Waals surface area contributed by atoms with Crippen LogP contribution in [-0.4, -0.2) is 15.0 Å². The standard InChI is InChI=1S/C47H31N3/c1-2-11-36(12-3-1)45-30-46(50-47(49-45)37-25-23-34(24-26-37)40-18-8-13-33-10-4-5-15-39(33)40)44-28-27-41(42-16-6-7-17-43(42)44)35-21-19-32(20-22-35)38-14-9-29-48-31-38/h1-31H. The summed E-state index contributed by atoms with van der Waals surface area (Å²) in [6, 6.07) is 61.9. The monoisotopic (exact) mass is 637 g/mol. The minimum Gasteiger partial charge on any atom is -0.264 e. The van der Waals surface area contributed by atoms with Crippen molar-refractivity contribution in [1.82, 2.24) is 15.0 Å². The molecular weight excluding hydrogens is 607 g/mol. The molecule has 0 atom stereocenters. The van der Waals surface area contributed by atoms with Gasteiger partial charge in [0.2, 0.25) is 0 Å². The lowest BCUT2D eigenvalue weighted by Crippen LogP contribution is -1.97. The van der Waals surface area contributed by atoms with Gasteiger partial charge in [-0.2, -0.15) is 0 Å². The normalized spacial score (nSPS) is 11.2. The SMILES string of the molecule is c1ccc(-c2cc(-c3ccc(-c4ccc(-c5cccnc5)cc4)c4ccccc34)nc(-c3ccc(-c4cccc5ccccc45)cc3)n2)cc1. The fourth-order valence-corrected chi connectivity index (χ4v) is 6.90. The molecule has 0 radical (unpaired) electrons. The number of hydrogen-bond donors (Lipinski definition) is 0. The third-order valence-corrected chi connectivity index (χ3v) is 9.43. The van der Waals surface area contributed by atoms with E-state index >= 15 is 0 Å². The van der Waals surface area contributed by atoms with Gasteiger partial charge >= 0.3 is 0 Å².